The Labute approximate surface area is 112 Å². The van der Waals surface area contributed by atoms with Crippen molar-refractivity contribution in [2.75, 3.05) is 5.32 Å². The van der Waals surface area contributed by atoms with E-state index in [0.717, 1.165) is 22.4 Å². The molecule has 2 aromatic rings. The third-order valence-corrected chi connectivity index (χ3v) is 3.68. The summed E-state index contributed by atoms with van der Waals surface area (Å²) in [6, 6.07) is 14.2. The highest BCUT2D eigenvalue weighted by Crippen LogP contribution is 2.36. The molecule has 96 valence electrons. The van der Waals surface area contributed by atoms with E-state index in [-0.39, 0.29) is 5.91 Å². The largest absolute Gasteiger partial charge is 0.324 e. The number of hydrogen-bond acceptors (Lipinski definition) is 2. The number of carbonyl (C=O) groups excluding carboxylic acids is 1. The van der Waals surface area contributed by atoms with Gasteiger partial charge in [0.2, 0.25) is 5.91 Å². The molecular formula is C16H16N2O. The van der Waals surface area contributed by atoms with Gasteiger partial charge in [-0.3, -0.25) is 4.79 Å². The van der Waals surface area contributed by atoms with E-state index >= 15 is 0 Å². The van der Waals surface area contributed by atoms with Gasteiger partial charge in [-0.15, -0.1) is 0 Å². The fraction of sp³-hybridized carbons (Fsp3) is 0.188. The maximum Gasteiger partial charge on any atom is 0.248 e. The molecule has 1 atom stereocenters. The first-order chi connectivity index (χ1) is 8.98. The molecule has 2 aromatic carbocycles. The fourth-order valence-corrected chi connectivity index (χ4v) is 2.38. The van der Waals surface area contributed by atoms with E-state index in [4.69, 9.17) is 5.73 Å². The van der Waals surface area contributed by atoms with Crippen molar-refractivity contribution in [2.24, 2.45) is 5.73 Å². The molecule has 1 aliphatic rings. The van der Waals surface area contributed by atoms with Gasteiger partial charge in [0, 0.05) is 11.3 Å². The molecule has 0 bridgehead atoms. The van der Waals surface area contributed by atoms with Gasteiger partial charge in [0.25, 0.3) is 0 Å². The quantitative estimate of drug-likeness (QED) is 0.820. The van der Waals surface area contributed by atoms with E-state index in [2.05, 4.69) is 36.5 Å². The Bertz CT molecular complexity index is 657. The first-order valence-corrected chi connectivity index (χ1v) is 6.30. The molecule has 0 fully saturated rings. The van der Waals surface area contributed by atoms with Crippen LogP contribution in [0.15, 0.2) is 42.5 Å². The molecule has 0 radical (unpaired) electrons. The van der Waals surface area contributed by atoms with E-state index in [9.17, 15) is 4.79 Å². The second kappa shape index (κ2) is 3.93. The summed E-state index contributed by atoms with van der Waals surface area (Å²) in [7, 11) is 0. The zero-order chi connectivity index (χ0) is 13.6. The van der Waals surface area contributed by atoms with Gasteiger partial charge in [0.1, 0.15) is 5.54 Å². The van der Waals surface area contributed by atoms with Crippen LogP contribution in [0.25, 0.3) is 11.1 Å². The van der Waals surface area contributed by atoms with Crippen molar-refractivity contribution in [1.82, 2.24) is 0 Å². The summed E-state index contributed by atoms with van der Waals surface area (Å²) in [5.41, 5.74) is 10.2. The molecule has 1 heterocycles. The van der Waals surface area contributed by atoms with Crippen LogP contribution in [0.2, 0.25) is 0 Å². The molecule has 19 heavy (non-hydrogen) atoms. The van der Waals surface area contributed by atoms with Crippen LogP contribution in [0.4, 0.5) is 5.69 Å². The van der Waals surface area contributed by atoms with Gasteiger partial charge in [0.05, 0.1) is 0 Å². The van der Waals surface area contributed by atoms with Gasteiger partial charge in [-0.1, -0.05) is 35.9 Å². The molecular weight excluding hydrogens is 236 g/mol. The lowest BCUT2D eigenvalue weighted by atomic mass is 9.92. The van der Waals surface area contributed by atoms with Crippen LogP contribution in [-0.2, 0) is 10.3 Å². The Balaban J connectivity index is 2.10. The summed E-state index contributed by atoms with van der Waals surface area (Å²) >= 11 is 0. The zero-order valence-electron chi connectivity index (χ0n) is 11.0. The SMILES string of the molecule is Cc1ccc(-c2ccc3c(c2)[C@](C)(N)C(=O)N3)cc1. The highest BCUT2D eigenvalue weighted by atomic mass is 16.2. The van der Waals surface area contributed by atoms with Crippen LogP contribution in [0, 0.1) is 6.92 Å². The molecule has 0 saturated heterocycles. The number of hydrogen-bond donors (Lipinski definition) is 2. The minimum absolute atomic E-state index is 0.149. The number of nitrogens with one attached hydrogen (secondary N) is 1. The van der Waals surface area contributed by atoms with Gasteiger partial charge in [-0.2, -0.15) is 0 Å². The predicted molar refractivity (Wildman–Crippen MR) is 76.8 cm³/mol. The third-order valence-electron chi connectivity index (χ3n) is 3.68. The Morgan fingerprint density at radius 1 is 1.05 bits per heavy atom. The average molecular weight is 252 g/mol. The van der Waals surface area contributed by atoms with E-state index in [0.29, 0.717) is 0 Å². The molecule has 0 spiro atoms. The smallest absolute Gasteiger partial charge is 0.248 e. The van der Waals surface area contributed by atoms with Gasteiger partial charge in [-0.25, -0.2) is 0 Å². The Morgan fingerprint density at radius 3 is 2.37 bits per heavy atom. The molecule has 0 unspecified atom stereocenters. The third kappa shape index (κ3) is 1.83. The standard InChI is InChI=1S/C16H16N2O/c1-10-3-5-11(6-4-10)12-7-8-14-13(9-12)16(2,17)15(19)18-14/h3-9H,17H2,1-2H3,(H,18,19)/t16-/m0/s1. The number of carbonyl (C=O) groups is 1. The number of nitrogens with two attached hydrogens (primary N) is 1. The van der Waals surface area contributed by atoms with Crippen molar-refractivity contribution in [1.29, 1.82) is 0 Å². The normalized spacial score (nSPS) is 21.1. The Hall–Kier alpha value is -2.13. The van der Waals surface area contributed by atoms with E-state index < -0.39 is 5.54 Å². The zero-order valence-corrected chi connectivity index (χ0v) is 11.0. The number of fused-ring (bicyclic) bond motifs is 1. The lowest BCUT2D eigenvalue weighted by molar-refractivity contribution is -0.120. The monoisotopic (exact) mass is 252 g/mol. The Morgan fingerprint density at radius 2 is 1.68 bits per heavy atom. The van der Waals surface area contributed by atoms with Crippen LogP contribution >= 0.6 is 0 Å². The van der Waals surface area contributed by atoms with Crippen molar-refractivity contribution in [2.45, 2.75) is 19.4 Å². The molecule has 0 saturated carbocycles. The van der Waals surface area contributed by atoms with Crippen LogP contribution in [0.5, 0.6) is 0 Å². The van der Waals surface area contributed by atoms with Crippen molar-refractivity contribution < 1.29 is 4.79 Å². The number of aryl methyl sites for hydroxylation is 1. The van der Waals surface area contributed by atoms with Crippen LogP contribution in [0.1, 0.15) is 18.1 Å². The lowest BCUT2D eigenvalue weighted by Gasteiger charge is -2.16. The first-order valence-electron chi connectivity index (χ1n) is 6.30. The summed E-state index contributed by atoms with van der Waals surface area (Å²) < 4.78 is 0. The van der Waals surface area contributed by atoms with Crippen LogP contribution in [-0.4, -0.2) is 5.91 Å². The van der Waals surface area contributed by atoms with Crippen molar-refractivity contribution in [3.8, 4) is 11.1 Å². The van der Waals surface area contributed by atoms with E-state index in [1.54, 1.807) is 6.92 Å². The maximum atomic E-state index is 11.8. The molecule has 3 rings (SSSR count). The summed E-state index contributed by atoms with van der Waals surface area (Å²) in [4.78, 5) is 11.8. The van der Waals surface area contributed by atoms with E-state index in [1.807, 2.05) is 18.2 Å². The van der Waals surface area contributed by atoms with Gasteiger partial charge >= 0.3 is 0 Å². The lowest BCUT2D eigenvalue weighted by Crippen LogP contribution is -2.40. The second-order valence-electron chi connectivity index (χ2n) is 5.28. The fourth-order valence-electron chi connectivity index (χ4n) is 2.38. The van der Waals surface area contributed by atoms with Crippen molar-refractivity contribution in [3.05, 3.63) is 53.6 Å². The maximum absolute atomic E-state index is 11.8. The molecule has 3 N–H and O–H groups in total. The molecule has 3 nitrogen and oxygen atoms in total. The summed E-state index contributed by atoms with van der Waals surface area (Å²) in [6.45, 7) is 3.80. The Kier molecular flexibility index (Phi) is 2.47. The molecule has 3 heteroatoms. The van der Waals surface area contributed by atoms with Crippen molar-refractivity contribution in [3.63, 3.8) is 0 Å². The van der Waals surface area contributed by atoms with E-state index in [1.165, 1.54) is 5.56 Å². The topological polar surface area (TPSA) is 55.1 Å². The summed E-state index contributed by atoms with van der Waals surface area (Å²) in [6.07, 6.45) is 0. The minimum Gasteiger partial charge on any atom is -0.324 e. The number of benzene rings is 2. The second-order valence-corrected chi connectivity index (χ2v) is 5.28. The van der Waals surface area contributed by atoms with Crippen LogP contribution in [0.3, 0.4) is 0 Å². The average Bonchev–Trinajstić information content (AvgIpc) is 2.61. The first kappa shape index (κ1) is 11.9. The molecule has 1 aliphatic heterocycles. The van der Waals surface area contributed by atoms with Gasteiger partial charge in [0.15, 0.2) is 0 Å². The predicted octanol–water partition coefficient (Wildman–Crippen LogP) is 2.79. The molecule has 0 aliphatic carbocycles. The number of anilines is 1. The molecule has 0 aromatic heterocycles. The summed E-state index contributed by atoms with van der Waals surface area (Å²) in [5.74, 6) is -0.149. The summed E-state index contributed by atoms with van der Waals surface area (Å²) in [5, 5.41) is 2.81. The number of amides is 1. The minimum atomic E-state index is -0.948. The molecule has 1 amide bonds. The highest BCUT2D eigenvalue weighted by Gasteiger charge is 2.39. The highest BCUT2D eigenvalue weighted by molar-refractivity contribution is 6.05. The van der Waals surface area contributed by atoms with Crippen molar-refractivity contribution >= 4 is 11.6 Å². The van der Waals surface area contributed by atoms with Gasteiger partial charge in [-0.05, 0) is 37.1 Å². The van der Waals surface area contributed by atoms with Gasteiger partial charge < -0.3 is 11.1 Å². The van der Waals surface area contributed by atoms with Crippen LogP contribution < -0.4 is 11.1 Å². The number of rotatable bonds is 1.